The van der Waals surface area contributed by atoms with Crippen molar-refractivity contribution in [3.63, 3.8) is 0 Å². The molecule has 0 aliphatic rings. The van der Waals surface area contributed by atoms with Crippen molar-refractivity contribution in [1.82, 2.24) is 4.90 Å². The third kappa shape index (κ3) is 4.88. The average molecular weight is 284 g/mol. The summed E-state index contributed by atoms with van der Waals surface area (Å²) in [7, 11) is 0. The Morgan fingerprint density at radius 3 is 2.37 bits per heavy atom. The molecule has 0 saturated carbocycles. The van der Waals surface area contributed by atoms with E-state index in [2.05, 4.69) is 37.8 Å². The van der Waals surface area contributed by atoms with Gasteiger partial charge in [0.2, 0.25) is 0 Å². The van der Waals surface area contributed by atoms with Crippen molar-refractivity contribution in [1.29, 1.82) is 0 Å². The summed E-state index contributed by atoms with van der Waals surface area (Å²) in [4.78, 5) is 4.90. The summed E-state index contributed by atoms with van der Waals surface area (Å²) >= 11 is 1.81. The Labute approximate surface area is 121 Å². The van der Waals surface area contributed by atoms with Crippen molar-refractivity contribution in [2.24, 2.45) is 5.73 Å². The fourth-order valence-electron chi connectivity index (χ4n) is 2.40. The number of aryl methyl sites for hydroxylation is 1. The van der Waals surface area contributed by atoms with Gasteiger partial charge >= 0.3 is 0 Å². The average Bonchev–Trinajstić information content (AvgIpc) is 2.72. The van der Waals surface area contributed by atoms with Gasteiger partial charge < -0.3 is 10.8 Å². The number of nitrogens with two attached hydrogens (primary N) is 1. The molecule has 0 amide bonds. The Hall–Kier alpha value is -0.420. The fraction of sp³-hybridized carbons (Fsp3) is 0.733. The van der Waals surface area contributed by atoms with Crippen molar-refractivity contribution < 1.29 is 5.11 Å². The van der Waals surface area contributed by atoms with Crippen molar-refractivity contribution in [2.45, 2.75) is 58.7 Å². The molecule has 2 atom stereocenters. The molecule has 0 aliphatic heterocycles. The van der Waals surface area contributed by atoms with Crippen LogP contribution in [0.1, 0.15) is 49.9 Å². The molecule has 0 saturated heterocycles. The highest BCUT2D eigenvalue weighted by Gasteiger charge is 2.29. The predicted octanol–water partition coefficient (Wildman–Crippen LogP) is 2.93. The number of hydrogen-bond donors (Lipinski definition) is 2. The van der Waals surface area contributed by atoms with Crippen molar-refractivity contribution in [2.75, 3.05) is 13.1 Å². The second kappa shape index (κ2) is 6.84. The molecule has 3 nitrogen and oxygen atoms in total. The van der Waals surface area contributed by atoms with E-state index in [1.807, 2.05) is 13.8 Å². The van der Waals surface area contributed by atoms with Gasteiger partial charge in [-0.3, -0.25) is 4.90 Å². The van der Waals surface area contributed by atoms with Gasteiger partial charge in [-0.2, -0.15) is 0 Å². The zero-order chi connectivity index (χ0) is 14.6. The van der Waals surface area contributed by atoms with Crippen molar-refractivity contribution in [3.8, 4) is 0 Å². The molecular weight excluding hydrogens is 256 g/mol. The highest BCUT2D eigenvalue weighted by molar-refractivity contribution is 7.12. The molecule has 1 rings (SSSR count). The van der Waals surface area contributed by atoms with Crippen LogP contribution in [0.3, 0.4) is 0 Å². The van der Waals surface area contributed by atoms with Gasteiger partial charge in [0.25, 0.3) is 0 Å². The van der Waals surface area contributed by atoms with Gasteiger partial charge in [0.05, 0.1) is 11.6 Å². The predicted molar refractivity (Wildman–Crippen MR) is 83.6 cm³/mol. The molecule has 1 aromatic heterocycles. The van der Waals surface area contributed by atoms with Crippen LogP contribution in [-0.4, -0.2) is 34.7 Å². The highest BCUT2D eigenvalue weighted by Crippen LogP contribution is 2.31. The molecule has 2 unspecified atom stereocenters. The standard InChI is InChI=1S/C15H28N2OS/c1-6-12(16)14(13-9-8-11(3)19-13)17(7-2)10-15(4,5)18/h8-9,12,14,18H,6-7,10,16H2,1-5H3. The molecule has 0 aromatic carbocycles. The van der Waals surface area contributed by atoms with Crippen LogP contribution in [0.15, 0.2) is 12.1 Å². The SMILES string of the molecule is CCC(N)C(c1ccc(C)s1)N(CC)CC(C)(C)O. The van der Waals surface area contributed by atoms with Gasteiger partial charge in [0, 0.05) is 22.3 Å². The smallest absolute Gasteiger partial charge is 0.0718 e. The molecule has 3 N–H and O–H groups in total. The Morgan fingerprint density at radius 1 is 1.37 bits per heavy atom. The Balaban J connectivity index is 3.01. The lowest BCUT2D eigenvalue weighted by Gasteiger charge is -2.37. The molecule has 0 spiro atoms. The first-order valence-electron chi connectivity index (χ1n) is 7.06. The molecule has 0 aliphatic carbocycles. The summed E-state index contributed by atoms with van der Waals surface area (Å²) < 4.78 is 0. The van der Waals surface area contributed by atoms with E-state index in [1.54, 1.807) is 11.3 Å². The van der Waals surface area contributed by atoms with E-state index in [1.165, 1.54) is 9.75 Å². The number of rotatable bonds is 7. The summed E-state index contributed by atoms with van der Waals surface area (Å²) in [6.45, 7) is 11.6. The summed E-state index contributed by atoms with van der Waals surface area (Å²) in [6.07, 6.45) is 0.934. The van der Waals surface area contributed by atoms with Crippen LogP contribution in [-0.2, 0) is 0 Å². The Bertz CT molecular complexity index is 384. The Kier molecular flexibility index (Phi) is 5.99. The summed E-state index contributed by atoms with van der Waals surface area (Å²) in [5.41, 5.74) is 5.64. The molecular formula is C15H28N2OS. The van der Waals surface area contributed by atoms with E-state index in [-0.39, 0.29) is 12.1 Å². The van der Waals surface area contributed by atoms with E-state index < -0.39 is 5.60 Å². The molecule has 1 aromatic rings. The second-order valence-electron chi connectivity index (χ2n) is 5.84. The maximum Gasteiger partial charge on any atom is 0.0718 e. The third-order valence-corrected chi connectivity index (χ3v) is 4.39. The number of thiophene rings is 1. The van der Waals surface area contributed by atoms with Gasteiger partial charge in [-0.15, -0.1) is 11.3 Å². The van der Waals surface area contributed by atoms with Gasteiger partial charge in [0.15, 0.2) is 0 Å². The van der Waals surface area contributed by atoms with E-state index in [4.69, 9.17) is 5.73 Å². The lowest BCUT2D eigenvalue weighted by Crippen LogP contribution is -2.46. The van der Waals surface area contributed by atoms with E-state index in [9.17, 15) is 5.11 Å². The molecule has 0 fully saturated rings. The largest absolute Gasteiger partial charge is 0.389 e. The summed E-state index contributed by atoms with van der Waals surface area (Å²) in [6, 6.07) is 4.61. The highest BCUT2D eigenvalue weighted by atomic mass is 32.1. The van der Waals surface area contributed by atoms with Gasteiger partial charge in [0.1, 0.15) is 0 Å². The zero-order valence-electron chi connectivity index (χ0n) is 12.8. The number of aliphatic hydroxyl groups is 1. The van der Waals surface area contributed by atoms with Gasteiger partial charge in [-0.25, -0.2) is 0 Å². The van der Waals surface area contributed by atoms with Crippen LogP contribution in [0.2, 0.25) is 0 Å². The van der Waals surface area contributed by atoms with Crippen LogP contribution in [0.4, 0.5) is 0 Å². The minimum Gasteiger partial charge on any atom is -0.389 e. The van der Waals surface area contributed by atoms with Gasteiger partial charge in [-0.1, -0.05) is 13.8 Å². The first-order valence-corrected chi connectivity index (χ1v) is 7.88. The molecule has 1 heterocycles. The summed E-state index contributed by atoms with van der Waals surface area (Å²) in [5.74, 6) is 0. The second-order valence-corrected chi connectivity index (χ2v) is 7.16. The third-order valence-electron chi connectivity index (χ3n) is 3.32. The lowest BCUT2D eigenvalue weighted by molar-refractivity contribution is 0.0181. The first kappa shape index (κ1) is 16.6. The number of nitrogens with zero attached hydrogens (tertiary/aromatic N) is 1. The van der Waals surface area contributed by atoms with E-state index >= 15 is 0 Å². The monoisotopic (exact) mass is 284 g/mol. The Morgan fingerprint density at radius 2 is 2.00 bits per heavy atom. The molecule has 110 valence electrons. The maximum atomic E-state index is 10.1. The van der Waals surface area contributed by atoms with E-state index in [0.29, 0.717) is 6.54 Å². The van der Waals surface area contributed by atoms with Gasteiger partial charge in [-0.05, 0) is 45.9 Å². The van der Waals surface area contributed by atoms with Crippen molar-refractivity contribution in [3.05, 3.63) is 21.9 Å². The topological polar surface area (TPSA) is 49.5 Å². The molecule has 4 heteroatoms. The first-order chi connectivity index (χ1) is 8.78. The van der Waals surface area contributed by atoms with Crippen LogP contribution in [0.5, 0.6) is 0 Å². The van der Waals surface area contributed by atoms with E-state index in [0.717, 1.165) is 13.0 Å². The van der Waals surface area contributed by atoms with Crippen LogP contribution in [0, 0.1) is 6.92 Å². The molecule has 19 heavy (non-hydrogen) atoms. The fourth-order valence-corrected chi connectivity index (χ4v) is 3.49. The van der Waals surface area contributed by atoms with Crippen LogP contribution in [0.25, 0.3) is 0 Å². The zero-order valence-corrected chi connectivity index (χ0v) is 13.6. The molecule has 0 radical (unpaired) electrons. The minimum absolute atomic E-state index is 0.0975. The minimum atomic E-state index is -0.700. The summed E-state index contributed by atoms with van der Waals surface area (Å²) in [5, 5.41) is 10.1. The number of hydrogen-bond acceptors (Lipinski definition) is 4. The van der Waals surface area contributed by atoms with Crippen LogP contribution < -0.4 is 5.73 Å². The number of likely N-dealkylation sites (N-methyl/N-ethyl adjacent to an activating group) is 1. The van der Waals surface area contributed by atoms with Crippen molar-refractivity contribution >= 4 is 11.3 Å². The normalized spacial score (nSPS) is 15.8. The quantitative estimate of drug-likeness (QED) is 0.809. The molecule has 0 bridgehead atoms. The maximum absolute atomic E-state index is 10.1. The van der Waals surface area contributed by atoms with Crippen LogP contribution >= 0.6 is 11.3 Å². The lowest BCUT2D eigenvalue weighted by atomic mass is 10.0.